The normalized spacial score (nSPS) is 10.3. The van der Waals surface area contributed by atoms with Crippen LogP contribution < -0.4 is 21.9 Å². The molecule has 0 aromatic carbocycles. The van der Waals surface area contributed by atoms with Crippen molar-refractivity contribution in [1.82, 2.24) is 9.97 Å². The number of amides is 1. The second-order valence-corrected chi connectivity index (χ2v) is 3.99. The molecule has 1 heterocycles. The molecule has 1 aromatic heterocycles. The number of aromatic nitrogens is 2. The lowest BCUT2D eigenvalue weighted by molar-refractivity contribution is -0.384. The van der Waals surface area contributed by atoms with Gasteiger partial charge in [-0.3, -0.25) is 20.3 Å². The molecule has 0 bridgehead atoms. The number of rotatable bonds is 6. The van der Waals surface area contributed by atoms with Gasteiger partial charge in [-0.05, 0) is 13.8 Å². The number of hydrazine groups is 1. The van der Waals surface area contributed by atoms with Crippen LogP contribution in [0.25, 0.3) is 0 Å². The lowest BCUT2D eigenvalue weighted by Gasteiger charge is -2.25. The molecule has 0 aliphatic heterocycles. The predicted molar refractivity (Wildman–Crippen MR) is 68.2 cm³/mol. The lowest BCUT2D eigenvalue weighted by atomic mass is 10.3. The SMILES string of the molecule is CC(C)N(CC(N)=O)c1nc(NN)ncc1[N+](=O)[O-]. The van der Waals surface area contributed by atoms with Crippen LogP contribution in [0.5, 0.6) is 0 Å². The van der Waals surface area contributed by atoms with Gasteiger partial charge in [-0.1, -0.05) is 0 Å². The van der Waals surface area contributed by atoms with E-state index in [4.69, 9.17) is 11.6 Å². The van der Waals surface area contributed by atoms with E-state index in [9.17, 15) is 14.9 Å². The summed E-state index contributed by atoms with van der Waals surface area (Å²) in [6, 6.07) is -0.216. The first kappa shape index (κ1) is 14.6. The molecule has 1 amide bonds. The number of anilines is 2. The van der Waals surface area contributed by atoms with Crippen LogP contribution in [0.4, 0.5) is 17.5 Å². The third-order valence-electron chi connectivity index (χ3n) is 2.30. The van der Waals surface area contributed by atoms with E-state index < -0.39 is 10.8 Å². The van der Waals surface area contributed by atoms with Crippen molar-refractivity contribution < 1.29 is 9.72 Å². The highest BCUT2D eigenvalue weighted by molar-refractivity contribution is 5.80. The first-order valence-corrected chi connectivity index (χ1v) is 5.39. The summed E-state index contributed by atoms with van der Waals surface area (Å²) in [5.41, 5.74) is 7.00. The maximum atomic E-state index is 11.1. The van der Waals surface area contributed by atoms with E-state index in [0.717, 1.165) is 6.20 Å². The van der Waals surface area contributed by atoms with Crippen molar-refractivity contribution in [2.24, 2.45) is 11.6 Å². The standard InChI is InChI=1S/C9H15N7O3/c1-5(2)15(4-7(10)17)8-6(16(18)19)3-12-9(13-8)14-11/h3,5H,4,11H2,1-2H3,(H2,10,17)(H,12,13,14). The number of nitrogens with zero attached hydrogens (tertiary/aromatic N) is 4. The Hall–Kier alpha value is -2.49. The maximum Gasteiger partial charge on any atom is 0.329 e. The van der Waals surface area contributed by atoms with Crippen LogP contribution in [0.2, 0.25) is 0 Å². The smallest absolute Gasteiger partial charge is 0.329 e. The summed E-state index contributed by atoms with van der Waals surface area (Å²) < 4.78 is 0. The maximum absolute atomic E-state index is 11.1. The Kier molecular flexibility index (Phi) is 4.53. The average molecular weight is 269 g/mol. The Labute approximate surface area is 108 Å². The van der Waals surface area contributed by atoms with Gasteiger partial charge in [0.1, 0.15) is 6.20 Å². The molecular formula is C9H15N7O3. The van der Waals surface area contributed by atoms with E-state index in [2.05, 4.69) is 15.4 Å². The van der Waals surface area contributed by atoms with Gasteiger partial charge in [0.25, 0.3) is 0 Å². The highest BCUT2D eigenvalue weighted by Gasteiger charge is 2.25. The van der Waals surface area contributed by atoms with Gasteiger partial charge < -0.3 is 10.6 Å². The van der Waals surface area contributed by atoms with Gasteiger partial charge in [0.2, 0.25) is 17.7 Å². The zero-order chi connectivity index (χ0) is 14.6. The third kappa shape index (κ3) is 3.48. The largest absolute Gasteiger partial charge is 0.368 e. The molecule has 10 nitrogen and oxygen atoms in total. The zero-order valence-electron chi connectivity index (χ0n) is 10.5. The van der Waals surface area contributed by atoms with Gasteiger partial charge in [-0.2, -0.15) is 4.98 Å². The molecule has 104 valence electrons. The monoisotopic (exact) mass is 269 g/mol. The Balaban J connectivity index is 3.32. The Morgan fingerprint density at radius 2 is 2.26 bits per heavy atom. The van der Waals surface area contributed by atoms with Crippen molar-refractivity contribution in [2.75, 3.05) is 16.9 Å². The minimum atomic E-state index is -0.633. The molecule has 0 saturated carbocycles. The molecule has 0 radical (unpaired) electrons. The number of carbonyl (C=O) groups is 1. The quantitative estimate of drug-likeness (QED) is 0.350. The second-order valence-electron chi connectivity index (χ2n) is 3.99. The molecule has 0 saturated heterocycles. The number of nitrogen functional groups attached to an aromatic ring is 1. The summed E-state index contributed by atoms with van der Waals surface area (Å²) in [5, 5.41) is 11.0. The van der Waals surface area contributed by atoms with Crippen LogP contribution in [-0.4, -0.2) is 33.4 Å². The minimum Gasteiger partial charge on any atom is -0.368 e. The summed E-state index contributed by atoms with van der Waals surface area (Å²) in [6.45, 7) is 3.31. The first-order valence-electron chi connectivity index (χ1n) is 5.39. The molecule has 1 rings (SSSR count). The minimum absolute atomic E-state index is 0.00993. The number of nitrogens with one attached hydrogen (secondary N) is 1. The van der Waals surface area contributed by atoms with Crippen LogP contribution in [0, 0.1) is 10.1 Å². The van der Waals surface area contributed by atoms with Crippen LogP contribution in [0.1, 0.15) is 13.8 Å². The number of nitrogens with two attached hydrogens (primary N) is 2. The van der Waals surface area contributed by atoms with E-state index in [0.29, 0.717) is 0 Å². The Bertz CT molecular complexity index is 491. The number of nitro groups is 1. The number of carbonyl (C=O) groups excluding carboxylic acids is 1. The topological polar surface area (TPSA) is 153 Å². The Morgan fingerprint density at radius 1 is 1.63 bits per heavy atom. The molecule has 0 fully saturated rings. The van der Waals surface area contributed by atoms with Gasteiger partial charge in [0.05, 0.1) is 11.5 Å². The number of hydrogen-bond acceptors (Lipinski definition) is 8. The van der Waals surface area contributed by atoms with E-state index in [1.165, 1.54) is 4.90 Å². The second kappa shape index (κ2) is 5.91. The van der Waals surface area contributed by atoms with Gasteiger partial charge in [0.15, 0.2) is 0 Å². The van der Waals surface area contributed by atoms with Crippen molar-refractivity contribution in [3.8, 4) is 0 Å². The van der Waals surface area contributed by atoms with Crippen molar-refractivity contribution in [3.63, 3.8) is 0 Å². The summed E-state index contributed by atoms with van der Waals surface area (Å²) in [5.74, 6) is 4.54. The highest BCUT2D eigenvalue weighted by Crippen LogP contribution is 2.27. The fourth-order valence-electron chi connectivity index (χ4n) is 1.45. The van der Waals surface area contributed by atoms with Crippen LogP contribution in [0.3, 0.4) is 0 Å². The zero-order valence-corrected chi connectivity index (χ0v) is 10.5. The van der Waals surface area contributed by atoms with E-state index in [-0.39, 0.29) is 30.0 Å². The summed E-state index contributed by atoms with van der Waals surface area (Å²) in [6.07, 6.45) is 1.02. The molecule has 0 aliphatic rings. The molecule has 1 aromatic rings. The molecule has 19 heavy (non-hydrogen) atoms. The van der Waals surface area contributed by atoms with Crippen molar-refractivity contribution >= 4 is 23.4 Å². The molecule has 10 heteroatoms. The van der Waals surface area contributed by atoms with Gasteiger partial charge in [0, 0.05) is 6.04 Å². The average Bonchev–Trinajstić information content (AvgIpc) is 2.34. The Morgan fingerprint density at radius 3 is 2.68 bits per heavy atom. The molecule has 0 spiro atoms. The molecule has 0 aliphatic carbocycles. The van der Waals surface area contributed by atoms with Crippen LogP contribution in [-0.2, 0) is 4.79 Å². The predicted octanol–water partition coefficient (Wildman–Crippen LogP) is -0.629. The fourth-order valence-corrected chi connectivity index (χ4v) is 1.45. The summed E-state index contributed by atoms with van der Waals surface area (Å²) >= 11 is 0. The molecule has 5 N–H and O–H groups in total. The van der Waals surface area contributed by atoms with Crippen LogP contribution >= 0.6 is 0 Å². The van der Waals surface area contributed by atoms with Crippen molar-refractivity contribution in [3.05, 3.63) is 16.3 Å². The van der Waals surface area contributed by atoms with Gasteiger partial charge in [-0.25, -0.2) is 10.8 Å². The van der Waals surface area contributed by atoms with Crippen molar-refractivity contribution in [1.29, 1.82) is 0 Å². The van der Waals surface area contributed by atoms with Gasteiger partial charge >= 0.3 is 5.69 Å². The van der Waals surface area contributed by atoms with E-state index in [1.54, 1.807) is 13.8 Å². The van der Waals surface area contributed by atoms with E-state index >= 15 is 0 Å². The molecular weight excluding hydrogens is 254 g/mol. The first-order chi connectivity index (χ1) is 8.86. The third-order valence-corrected chi connectivity index (χ3v) is 2.30. The van der Waals surface area contributed by atoms with E-state index in [1.807, 2.05) is 0 Å². The highest BCUT2D eigenvalue weighted by atomic mass is 16.6. The lowest BCUT2D eigenvalue weighted by Crippen LogP contribution is -2.39. The molecule has 0 unspecified atom stereocenters. The summed E-state index contributed by atoms with van der Waals surface area (Å²) in [7, 11) is 0. The fraction of sp³-hybridized carbons (Fsp3) is 0.444. The number of hydrogen-bond donors (Lipinski definition) is 3. The molecule has 0 atom stereocenters. The summed E-state index contributed by atoms with van der Waals surface area (Å²) in [4.78, 5) is 30.4. The van der Waals surface area contributed by atoms with Crippen molar-refractivity contribution in [2.45, 2.75) is 19.9 Å². The van der Waals surface area contributed by atoms with Crippen LogP contribution in [0.15, 0.2) is 6.20 Å². The van der Waals surface area contributed by atoms with Gasteiger partial charge in [-0.15, -0.1) is 0 Å². The number of primary amides is 1.